The van der Waals surface area contributed by atoms with Crippen LogP contribution in [0.3, 0.4) is 0 Å². The van der Waals surface area contributed by atoms with E-state index in [0.717, 1.165) is 11.4 Å². The minimum atomic E-state index is 0.439. The molecule has 70 valence electrons. The van der Waals surface area contributed by atoms with E-state index in [1.54, 1.807) is 7.11 Å². The monoisotopic (exact) mass is 178 g/mol. The molecule has 0 radical (unpaired) electrons. The number of hydrogen-bond donors (Lipinski definition) is 1. The number of nitrogens with zero attached hydrogens (tertiary/aromatic N) is 1. The summed E-state index contributed by atoms with van der Waals surface area (Å²) in [5.41, 5.74) is 7.65. The highest BCUT2D eigenvalue weighted by Crippen LogP contribution is 2.40. The van der Waals surface area contributed by atoms with Crippen LogP contribution in [-0.2, 0) is 6.54 Å². The van der Waals surface area contributed by atoms with Crippen LogP contribution in [0.25, 0.3) is 0 Å². The van der Waals surface area contributed by atoms with Crippen LogP contribution in [0.5, 0.6) is 5.75 Å². The first-order chi connectivity index (χ1) is 6.35. The lowest BCUT2D eigenvalue weighted by Gasteiger charge is -2.07. The van der Waals surface area contributed by atoms with E-state index in [1.165, 1.54) is 18.4 Å². The second-order valence-corrected chi connectivity index (χ2v) is 3.40. The van der Waals surface area contributed by atoms with E-state index in [0.29, 0.717) is 12.5 Å². The number of pyridine rings is 1. The van der Waals surface area contributed by atoms with E-state index in [2.05, 4.69) is 11.1 Å². The lowest BCUT2D eigenvalue weighted by atomic mass is 10.1. The summed E-state index contributed by atoms with van der Waals surface area (Å²) >= 11 is 0. The maximum Gasteiger partial charge on any atom is 0.141 e. The van der Waals surface area contributed by atoms with Crippen LogP contribution in [0.1, 0.15) is 30.0 Å². The van der Waals surface area contributed by atoms with Gasteiger partial charge in [0.05, 0.1) is 12.8 Å². The SMILES string of the molecule is COc1cc(C2CC2)cnc1CN. The van der Waals surface area contributed by atoms with E-state index in [1.807, 2.05) is 6.20 Å². The van der Waals surface area contributed by atoms with Crippen molar-refractivity contribution in [2.45, 2.75) is 25.3 Å². The summed E-state index contributed by atoms with van der Waals surface area (Å²) in [6, 6.07) is 2.06. The van der Waals surface area contributed by atoms with E-state index in [4.69, 9.17) is 10.5 Å². The Kier molecular flexibility index (Phi) is 2.19. The van der Waals surface area contributed by atoms with Crippen molar-refractivity contribution in [3.8, 4) is 5.75 Å². The molecule has 0 atom stereocenters. The zero-order valence-corrected chi connectivity index (χ0v) is 7.79. The van der Waals surface area contributed by atoms with Crippen molar-refractivity contribution in [1.29, 1.82) is 0 Å². The smallest absolute Gasteiger partial charge is 0.141 e. The first-order valence-electron chi connectivity index (χ1n) is 4.58. The maximum atomic E-state index is 5.53. The van der Waals surface area contributed by atoms with Gasteiger partial charge in [-0.25, -0.2) is 0 Å². The highest BCUT2D eigenvalue weighted by atomic mass is 16.5. The van der Waals surface area contributed by atoms with Gasteiger partial charge in [-0.05, 0) is 30.4 Å². The molecule has 2 N–H and O–H groups in total. The number of hydrogen-bond acceptors (Lipinski definition) is 3. The molecule has 13 heavy (non-hydrogen) atoms. The summed E-state index contributed by atoms with van der Waals surface area (Å²) in [7, 11) is 1.66. The van der Waals surface area contributed by atoms with Crippen LogP contribution in [0.15, 0.2) is 12.3 Å². The molecule has 0 aliphatic heterocycles. The van der Waals surface area contributed by atoms with Gasteiger partial charge in [0.25, 0.3) is 0 Å². The fraction of sp³-hybridized carbons (Fsp3) is 0.500. The van der Waals surface area contributed by atoms with Gasteiger partial charge < -0.3 is 10.5 Å². The molecule has 1 heterocycles. The molecule has 1 aliphatic rings. The van der Waals surface area contributed by atoms with E-state index in [-0.39, 0.29) is 0 Å². The van der Waals surface area contributed by atoms with Gasteiger partial charge in [0.15, 0.2) is 0 Å². The summed E-state index contributed by atoms with van der Waals surface area (Å²) in [5.74, 6) is 1.54. The minimum Gasteiger partial charge on any atom is -0.495 e. The summed E-state index contributed by atoms with van der Waals surface area (Å²) in [6.07, 6.45) is 4.49. The van der Waals surface area contributed by atoms with Crippen LogP contribution in [0.4, 0.5) is 0 Å². The van der Waals surface area contributed by atoms with Crippen molar-refractivity contribution in [1.82, 2.24) is 4.98 Å². The minimum absolute atomic E-state index is 0.439. The van der Waals surface area contributed by atoms with E-state index >= 15 is 0 Å². The van der Waals surface area contributed by atoms with Crippen LogP contribution in [0, 0.1) is 0 Å². The molecule has 0 unspecified atom stereocenters. The molecule has 1 aromatic rings. The molecular weight excluding hydrogens is 164 g/mol. The Balaban J connectivity index is 2.31. The predicted molar refractivity (Wildman–Crippen MR) is 50.7 cm³/mol. The normalized spacial score (nSPS) is 15.8. The van der Waals surface area contributed by atoms with Gasteiger partial charge in [0, 0.05) is 12.7 Å². The zero-order valence-electron chi connectivity index (χ0n) is 7.79. The molecule has 2 rings (SSSR count). The van der Waals surface area contributed by atoms with Gasteiger partial charge in [-0.3, -0.25) is 4.98 Å². The molecule has 0 spiro atoms. The molecule has 1 aromatic heterocycles. The Hall–Kier alpha value is -1.09. The van der Waals surface area contributed by atoms with Crippen molar-refractivity contribution in [3.63, 3.8) is 0 Å². The largest absolute Gasteiger partial charge is 0.495 e. The Morgan fingerprint density at radius 1 is 1.62 bits per heavy atom. The van der Waals surface area contributed by atoms with Crippen molar-refractivity contribution in [3.05, 3.63) is 23.5 Å². The number of methoxy groups -OCH3 is 1. The van der Waals surface area contributed by atoms with Crippen LogP contribution in [-0.4, -0.2) is 12.1 Å². The van der Waals surface area contributed by atoms with Gasteiger partial charge in [0.1, 0.15) is 5.75 Å². The lowest BCUT2D eigenvalue weighted by molar-refractivity contribution is 0.406. The van der Waals surface area contributed by atoms with Gasteiger partial charge in [-0.2, -0.15) is 0 Å². The van der Waals surface area contributed by atoms with Crippen LogP contribution < -0.4 is 10.5 Å². The third-order valence-corrected chi connectivity index (χ3v) is 2.41. The Morgan fingerprint density at radius 2 is 2.38 bits per heavy atom. The standard InChI is InChI=1S/C10H14N2O/c1-13-10-4-8(7-2-3-7)6-12-9(10)5-11/h4,6-7H,2-3,5,11H2,1H3. The molecule has 1 saturated carbocycles. The summed E-state index contributed by atoms with van der Waals surface area (Å²) in [6.45, 7) is 0.439. The first-order valence-corrected chi connectivity index (χ1v) is 4.58. The molecule has 1 aliphatic carbocycles. The second-order valence-electron chi connectivity index (χ2n) is 3.40. The van der Waals surface area contributed by atoms with Crippen LogP contribution in [0.2, 0.25) is 0 Å². The molecule has 0 aromatic carbocycles. The van der Waals surface area contributed by atoms with Gasteiger partial charge in [-0.15, -0.1) is 0 Å². The summed E-state index contributed by atoms with van der Waals surface area (Å²) < 4.78 is 5.21. The quantitative estimate of drug-likeness (QED) is 0.761. The third kappa shape index (κ3) is 1.65. The van der Waals surface area contributed by atoms with E-state index in [9.17, 15) is 0 Å². The van der Waals surface area contributed by atoms with Crippen molar-refractivity contribution in [2.75, 3.05) is 7.11 Å². The fourth-order valence-electron chi connectivity index (χ4n) is 1.46. The van der Waals surface area contributed by atoms with Gasteiger partial charge >= 0.3 is 0 Å². The molecular formula is C10H14N2O. The zero-order chi connectivity index (χ0) is 9.26. The highest BCUT2D eigenvalue weighted by Gasteiger charge is 2.24. The predicted octanol–water partition coefficient (Wildman–Crippen LogP) is 1.43. The molecule has 3 heteroatoms. The number of ether oxygens (including phenoxy) is 1. The molecule has 0 amide bonds. The molecule has 1 fully saturated rings. The van der Waals surface area contributed by atoms with Crippen LogP contribution >= 0.6 is 0 Å². The Morgan fingerprint density at radius 3 is 2.92 bits per heavy atom. The number of nitrogens with two attached hydrogens (primary N) is 1. The summed E-state index contributed by atoms with van der Waals surface area (Å²) in [5, 5.41) is 0. The van der Waals surface area contributed by atoms with Crippen molar-refractivity contribution < 1.29 is 4.74 Å². The molecule has 3 nitrogen and oxygen atoms in total. The molecule has 0 bridgehead atoms. The number of aromatic nitrogens is 1. The van der Waals surface area contributed by atoms with Gasteiger partial charge in [-0.1, -0.05) is 0 Å². The Labute approximate surface area is 77.9 Å². The van der Waals surface area contributed by atoms with E-state index < -0.39 is 0 Å². The van der Waals surface area contributed by atoms with Crippen molar-refractivity contribution in [2.24, 2.45) is 5.73 Å². The molecule has 0 saturated heterocycles. The highest BCUT2D eigenvalue weighted by molar-refractivity contribution is 5.34. The topological polar surface area (TPSA) is 48.1 Å². The van der Waals surface area contributed by atoms with Crippen molar-refractivity contribution >= 4 is 0 Å². The fourth-order valence-corrected chi connectivity index (χ4v) is 1.46. The maximum absolute atomic E-state index is 5.53. The summed E-state index contributed by atoms with van der Waals surface area (Å²) in [4.78, 5) is 4.28. The second kappa shape index (κ2) is 3.34. The third-order valence-electron chi connectivity index (χ3n) is 2.41. The number of rotatable bonds is 3. The van der Waals surface area contributed by atoms with Gasteiger partial charge in [0.2, 0.25) is 0 Å². The first kappa shape index (κ1) is 8.51. The average Bonchev–Trinajstić information content (AvgIpc) is 3.00. The average molecular weight is 178 g/mol. The lowest BCUT2D eigenvalue weighted by Crippen LogP contribution is -2.03. The Bertz CT molecular complexity index is 308.